The first-order valence-electron chi connectivity index (χ1n) is 13.9. The van der Waals surface area contributed by atoms with E-state index in [9.17, 15) is 71.1 Å². The van der Waals surface area contributed by atoms with Crippen molar-refractivity contribution in [3.8, 4) is 0 Å². The molecule has 0 spiro atoms. The van der Waals surface area contributed by atoms with Crippen LogP contribution in [-0.2, 0) is 19.1 Å². The minimum atomic E-state index is -6.72. The number of esters is 2. The van der Waals surface area contributed by atoms with Gasteiger partial charge in [0, 0.05) is 11.8 Å². The van der Waals surface area contributed by atoms with Crippen LogP contribution in [0.3, 0.4) is 0 Å². The highest BCUT2D eigenvalue weighted by atomic mass is 19.4. The number of allylic oxidation sites excluding steroid dienone is 1. The first-order valence-corrected chi connectivity index (χ1v) is 13.9. The highest BCUT2D eigenvalue weighted by Gasteiger charge is 2.78. The highest BCUT2D eigenvalue weighted by molar-refractivity contribution is 5.80. The van der Waals surface area contributed by atoms with Crippen LogP contribution < -0.4 is 0 Å². The molecule has 0 amide bonds. The lowest BCUT2D eigenvalue weighted by Crippen LogP contribution is -2.58. The molecule has 3 unspecified atom stereocenters. The van der Waals surface area contributed by atoms with Crippen molar-refractivity contribution in [1.82, 2.24) is 0 Å². The van der Waals surface area contributed by atoms with Gasteiger partial charge >= 0.3 is 48.0 Å². The number of ether oxygens (including phenoxy) is 2. The van der Waals surface area contributed by atoms with E-state index in [2.05, 4.69) is 9.47 Å². The quantitative estimate of drug-likeness (QED) is 0.160. The Kier molecular flexibility index (Phi) is 8.38. The van der Waals surface area contributed by atoms with E-state index in [0.717, 1.165) is 0 Å². The Bertz CT molecular complexity index is 1220. The molecule has 0 aliphatic heterocycles. The van der Waals surface area contributed by atoms with Crippen LogP contribution in [0.15, 0.2) is 11.6 Å². The minimum absolute atomic E-state index is 0.0914. The second kappa shape index (κ2) is 10.6. The van der Waals surface area contributed by atoms with Crippen molar-refractivity contribution in [1.29, 1.82) is 0 Å². The zero-order valence-corrected chi connectivity index (χ0v) is 23.5. The zero-order valence-electron chi connectivity index (χ0n) is 23.5. The predicted octanol–water partition coefficient (Wildman–Crippen LogP) is 8.44. The van der Waals surface area contributed by atoms with Gasteiger partial charge in [-0.15, -0.1) is 0 Å². The van der Waals surface area contributed by atoms with Gasteiger partial charge in [-0.05, 0) is 68.1 Å². The molecule has 0 N–H and O–H groups in total. The second-order valence-corrected chi connectivity index (χ2v) is 12.8. The third-order valence-corrected chi connectivity index (χ3v) is 10.5. The molecule has 4 rings (SSSR count). The van der Waals surface area contributed by atoms with E-state index in [0.29, 0.717) is 12.0 Å². The molecule has 4 aliphatic rings. The SMILES string of the molecule is C[C@]12CC[C@@H](OC(=O)C(F)(F)C(F)(F)C(F)(F)F)CC1=CCC1C2CC[C@@]2(C)C1CC[C@@H]2OC(=O)C(F)(F)C(F)(F)C(F)(F)F. The van der Waals surface area contributed by atoms with E-state index in [1.807, 2.05) is 0 Å². The van der Waals surface area contributed by atoms with Crippen molar-refractivity contribution in [2.75, 3.05) is 0 Å². The van der Waals surface area contributed by atoms with Crippen LogP contribution in [-0.4, -0.2) is 60.2 Å². The Morgan fingerprint density at radius 2 is 1.20 bits per heavy atom. The van der Waals surface area contributed by atoms with Gasteiger partial charge in [-0.1, -0.05) is 25.5 Å². The highest BCUT2D eigenvalue weighted by Crippen LogP contribution is 2.65. The maximum Gasteiger partial charge on any atom is 0.460 e. The maximum absolute atomic E-state index is 14.0. The molecule has 18 heteroatoms. The summed E-state index contributed by atoms with van der Waals surface area (Å²) in [6, 6.07) is 0. The molecular formula is C27H28F14O4. The first-order chi connectivity index (χ1) is 20.2. The molecule has 45 heavy (non-hydrogen) atoms. The summed E-state index contributed by atoms with van der Waals surface area (Å²) < 4.78 is 193. The predicted molar refractivity (Wildman–Crippen MR) is 123 cm³/mol. The molecule has 0 aromatic rings. The molecule has 0 radical (unpaired) electrons. The van der Waals surface area contributed by atoms with Crippen LogP contribution in [0.4, 0.5) is 61.5 Å². The summed E-state index contributed by atoms with van der Waals surface area (Å²) >= 11 is 0. The van der Waals surface area contributed by atoms with Crippen LogP contribution in [0.2, 0.25) is 0 Å². The molecule has 0 bridgehead atoms. The largest absolute Gasteiger partial charge is 0.460 e. The number of fused-ring (bicyclic) bond motifs is 5. The number of hydrogen-bond acceptors (Lipinski definition) is 4. The average Bonchev–Trinajstić information content (AvgIpc) is 3.23. The Morgan fingerprint density at radius 1 is 0.689 bits per heavy atom. The number of carbonyl (C=O) groups excluding carboxylic acids is 2. The normalized spacial score (nSPS) is 34.7. The fraction of sp³-hybridized carbons (Fsp3) is 0.852. The Labute approximate surface area is 246 Å². The lowest BCUT2D eigenvalue weighted by molar-refractivity contribution is -0.349. The summed E-state index contributed by atoms with van der Waals surface area (Å²) in [5.41, 5.74) is -1.18. The van der Waals surface area contributed by atoms with E-state index in [4.69, 9.17) is 0 Å². The standard InChI is InChI=1S/C27H28F14O4/c1-20-9-7-13(44-18(42)22(28,29)24(32,33)26(36,37)38)11-12(20)3-4-14-15-5-6-17(21(15,2)10-8-16(14)20)45-19(43)23(30,31)25(34,35)27(39,40)41/h3,13-17H,4-11H2,1-2H3/t13-,14?,15?,16?,17+,20+,21+/m1/s1. The minimum Gasteiger partial charge on any atom is -0.457 e. The molecule has 4 nitrogen and oxygen atoms in total. The third kappa shape index (κ3) is 5.27. The summed E-state index contributed by atoms with van der Waals surface area (Å²) in [4.78, 5) is 23.8. The topological polar surface area (TPSA) is 52.6 Å². The van der Waals surface area contributed by atoms with Gasteiger partial charge in [-0.25, -0.2) is 9.59 Å². The van der Waals surface area contributed by atoms with Crippen molar-refractivity contribution in [2.24, 2.45) is 28.6 Å². The van der Waals surface area contributed by atoms with Crippen LogP contribution >= 0.6 is 0 Å². The van der Waals surface area contributed by atoms with Gasteiger partial charge in [-0.3, -0.25) is 0 Å². The molecule has 0 aromatic carbocycles. The van der Waals surface area contributed by atoms with Gasteiger partial charge in [0.1, 0.15) is 12.2 Å². The average molecular weight is 682 g/mol. The first kappa shape index (κ1) is 35.6. The molecule has 258 valence electrons. The summed E-state index contributed by atoms with van der Waals surface area (Å²) in [6.07, 6.45) is -13.9. The van der Waals surface area contributed by atoms with Crippen molar-refractivity contribution in [2.45, 2.75) is 113 Å². The van der Waals surface area contributed by atoms with E-state index in [-0.39, 0.29) is 62.7 Å². The molecule has 0 heterocycles. The van der Waals surface area contributed by atoms with Crippen LogP contribution in [0, 0.1) is 28.6 Å². The molecular weight excluding hydrogens is 654 g/mol. The van der Waals surface area contributed by atoms with Crippen molar-refractivity contribution < 1.29 is 80.5 Å². The number of hydrogen-bond donors (Lipinski definition) is 0. The molecule has 3 fully saturated rings. The Balaban J connectivity index is 1.47. The second-order valence-electron chi connectivity index (χ2n) is 12.8. The van der Waals surface area contributed by atoms with Gasteiger partial charge in [0.25, 0.3) is 0 Å². The van der Waals surface area contributed by atoms with Crippen molar-refractivity contribution in [3.05, 3.63) is 11.6 Å². The number of carbonyl (C=O) groups is 2. The summed E-state index contributed by atoms with van der Waals surface area (Å²) in [6.45, 7) is 3.36. The van der Waals surface area contributed by atoms with Crippen LogP contribution in [0.25, 0.3) is 0 Å². The fourth-order valence-electron chi connectivity index (χ4n) is 7.91. The lowest BCUT2D eigenvalue weighted by Gasteiger charge is -2.57. The van der Waals surface area contributed by atoms with Gasteiger partial charge in [0.05, 0.1) is 0 Å². The molecule has 0 aromatic heterocycles. The fourth-order valence-corrected chi connectivity index (χ4v) is 7.91. The summed E-state index contributed by atoms with van der Waals surface area (Å²) in [5.74, 6) is -32.5. The van der Waals surface area contributed by atoms with Gasteiger partial charge in [0.15, 0.2) is 0 Å². The molecule has 4 aliphatic carbocycles. The van der Waals surface area contributed by atoms with Crippen molar-refractivity contribution in [3.63, 3.8) is 0 Å². The van der Waals surface area contributed by atoms with E-state index in [1.54, 1.807) is 19.9 Å². The zero-order chi connectivity index (χ0) is 34.4. The monoisotopic (exact) mass is 682 g/mol. The summed E-state index contributed by atoms with van der Waals surface area (Å²) in [5, 5.41) is 0. The summed E-state index contributed by atoms with van der Waals surface area (Å²) in [7, 11) is 0. The number of halogens is 14. The van der Waals surface area contributed by atoms with Crippen molar-refractivity contribution >= 4 is 11.9 Å². The maximum atomic E-state index is 14.0. The van der Waals surface area contributed by atoms with Crippen LogP contribution in [0.5, 0.6) is 0 Å². The number of alkyl halides is 14. The molecule has 7 atom stereocenters. The molecule has 3 saturated carbocycles. The Hall–Kier alpha value is -2.30. The van der Waals surface area contributed by atoms with E-state index >= 15 is 0 Å². The van der Waals surface area contributed by atoms with E-state index in [1.165, 1.54) is 0 Å². The van der Waals surface area contributed by atoms with Gasteiger partial charge < -0.3 is 9.47 Å². The molecule has 0 saturated heterocycles. The van der Waals surface area contributed by atoms with Gasteiger partial charge in [-0.2, -0.15) is 61.5 Å². The lowest BCUT2D eigenvalue weighted by atomic mass is 9.48. The van der Waals surface area contributed by atoms with E-state index < -0.39 is 71.0 Å². The van der Waals surface area contributed by atoms with Gasteiger partial charge in [0.2, 0.25) is 0 Å². The third-order valence-electron chi connectivity index (χ3n) is 10.5. The number of rotatable bonds is 6. The smallest absolute Gasteiger partial charge is 0.457 e. The Morgan fingerprint density at radius 3 is 1.71 bits per heavy atom. The van der Waals surface area contributed by atoms with Crippen LogP contribution in [0.1, 0.15) is 65.2 Å².